The summed E-state index contributed by atoms with van der Waals surface area (Å²) in [6, 6.07) is 22.4. The number of hydrogen-bond donors (Lipinski definition) is 2. The molecule has 4 aliphatic rings. The van der Waals surface area contributed by atoms with E-state index in [4.69, 9.17) is 28.2 Å². The fourth-order valence-corrected chi connectivity index (χ4v) is 8.62. The van der Waals surface area contributed by atoms with Gasteiger partial charge in [0, 0.05) is 24.7 Å². The average Bonchev–Trinajstić information content (AvgIpc) is 3.94. The van der Waals surface area contributed by atoms with Crippen LogP contribution < -0.4 is 24.7 Å². The van der Waals surface area contributed by atoms with E-state index in [2.05, 4.69) is 0 Å². The zero-order valence-electron chi connectivity index (χ0n) is 32.4. The monoisotopic (exact) mass is 859 g/mol. The molecule has 5 aromatic rings. The number of halogens is 2. The molecule has 3 fully saturated rings. The van der Waals surface area contributed by atoms with Crippen LogP contribution in [-0.2, 0) is 36.5 Å². The SMILES string of the molecule is O=[PH2]OC(OCc1ccccc1)(OCc1ccccc1)C1CN(c2ccc(OC[C@]3(O)C[C@H]4COc5c(c(F)cc6c(=O)c(C(=O)O)cn(C7CC7)c56)N4C3)c(F)c2)C(=O)O1. The Morgan fingerprint density at radius 2 is 1.62 bits per heavy atom. The predicted octanol–water partition coefficient (Wildman–Crippen LogP) is 6.19. The molecular weight excluding hydrogens is 819 g/mol. The van der Waals surface area contributed by atoms with Crippen molar-refractivity contribution in [1.82, 2.24) is 4.57 Å². The zero-order chi connectivity index (χ0) is 42.5. The number of aromatic nitrogens is 1. The maximum atomic E-state index is 15.9. The van der Waals surface area contributed by atoms with Crippen LogP contribution in [0, 0.1) is 11.6 Å². The minimum atomic E-state index is -2.10. The van der Waals surface area contributed by atoms with Crippen LogP contribution in [0.1, 0.15) is 46.8 Å². The summed E-state index contributed by atoms with van der Waals surface area (Å²) in [6.07, 6.45) is 0.724. The molecule has 3 aliphatic heterocycles. The Kier molecular flexibility index (Phi) is 10.8. The van der Waals surface area contributed by atoms with E-state index in [1.165, 1.54) is 18.3 Å². The molecule has 4 heterocycles. The number of fused-ring (bicyclic) bond motifs is 5. The molecule has 9 rings (SSSR count). The van der Waals surface area contributed by atoms with Gasteiger partial charge < -0.3 is 43.4 Å². The number of amides is 1. The van der Waals surface area contributed by atoms with E-state index in [9.17, 15) is 29.2 Å². The van der Waals surface area contributed by atoms with E-state index in [1.54, 1.807) is 9.47 Å². The van der Waals surface area contributed by atoms with Crippen molar-refractivity contribution in [2.75, 3.05) is 36.1 Å². The number of benzene rings is 4. The van der Waals surface area contributed by atoms with Crippen molar-refractivity contribution in [3.8, 4) is 11.5 Å². The summed E-state index contributed by atoms with van der Waals surface area (Å²) in [4.78, 5) is 41.1. The number of cyclic esters (lactones) is 1. The van der Waals surface area contributed by atoms with E-state index >= 15 is 8.78 Å². The lowest BCUT2D eigenvalue weighted by atomic mass is 10.0. The fraction of sp³-hybridized carbons (Fsp3) is 0.326. The lowest BCUT2D eigenvalue weighted by Gasteiger charge is -2.34. The van der Waals surface area contributed by atoms with Crippen LogP contribution in [0.3, 0.4) is 0 Å². The highest BCUT2D eigenvalue weighted by molar-refractivity contribution is 7.17. The molecule has 15 nitrogen and oxygen atoms in total. The van der Waals surface area contributed by atoms with Crippen molar-refractivity contribution < 1.29 is 61.4 Å². The van der Waals surface area contributed by atoms with Gasteiger partial charge in [-0.05, 0) is 42.2 Å². The third-order valence-corrected chi connectivity index (χ3v) is 11.7. The van der Waals surface area contributed by atoms with Crippen molar-refractivity contribution in [1.29, 1.82) is 0 Å². The topological polar surface area (TPSA) is 176 Å². The maximum absolute atomic E-state index is 15.9. The first-order valence-electron chi connectivity index (χ1n) is 19.6. The van der Waals surface area contributed by atoms with Crippen molar-refractivity contribution in [3.63, 3.8) is 0 Å². The van der Waals surface area contributed by atoms with Crippen LogP contribution in [0.5, 0.6) is 11.5 Å². The highest BCUT2D eigenvalue weighted by Gasteiger charge is 2.52. The second-order valence-corrected chi connectivity index (χ2v) is 15.9. The number of nitrogens with zero attached hydrogens (tertiary/aromatic N) is 3. The molecule has 2 saturated heterocycles. The van der Waals surface area contributed by atoms with E-state index in [1.807, 2.05) is 60.7 Å². The number of carboxylic acid groups (broad SMARTS) is 1. The largest absolute Gasteiger partial charge is 0.487 e. The van der Waals surface area contributed by atoms with Gasteiger partial charge in [-0.3, -0.25) is 18.8 Å². The van der Waals surface area contributed by atoms with Crippen LogP contribution in [0.15, 0.2) is 95.9 Å². The Morgan fingerprint density at radius 1 is 0.934 bits per heavy atom. The number of carbonyl (C=O) groups is 2. The van der Waals surface area contributed by atoms with E-state index in [-0.39, 0.29) is 73.6 Å². The molecule has 1 saturated carbocycles. The Labute approximate surface area is 347 Å². The molecule has 4 atom stereocenters. The van der Waals surface area contributed by atoms with Crippen LogP contribution in [-0.4, -0.2) is 76.9 Å². The van der Waals surface area contributed by atoms with Crippen LogP contribution >= 0.6 is 8.69 Å². The summed E-state index contributed by atoms with van der Waals surface area (Å²) in [7, 11) is -1.91. The Morgan fingerprint density at radius 3 is 2.25 bits per heavy atom. The fourth-order valence-electron chi connectivity index (χ4n) is 8.19. The first-order valence-corrected chi connectivity index (χ1v) is 20.5. The minimum Gasteiger partial charge on any atom is -0.487 e. The van der Waals surface area contributed by atoms with Gasteiger partial charge >= 0.3 is 18.0 Å². The Hall–Kier alpha value is -5.84. The van der Waals surface area contributed by atoms with Gasteiger partial charge in [0.15, 0.2) is 31.8 Å². The number of rotatable bonds is 15. The minimum absolute atomic E-state index is 0.0282. The summed E-state index contributed by atoms with van der Waals surface area (Å²) in [5.41, 5.74) is -0.975. The molecule has 318 valence electrons. The number of pyridine rings is 1. The van der Waals surface area contributed by atoms with Crippen LogP contribution in [0.4, 0.5) is 25.0 Å². The van der Waals surface area contributed by atoms with E-state index in [0.29, 0.717) is 5.52 Å². The van der Waals surface area contributed by atoms with Gasteiger partial charge in [0.05, 0.1) is 48.9 Å². The summed E-state index contributed by atoms with van der Waals surface area (Å²) >= 11 is 0. The molecule has 2 unspecified atom stereocenters. The zero-order valence-corrected chi connectivity index (χ0v) is 33.6. The predicted molar refractivity (Wildman–Crippen MR) is 216 cm³/mol. The molecule has 18 heteroatoms. The number of aromatic carboxylic acids is 1. The molecule has 61 heavy (non-hydrogen) atoms. The lowest BCUT2D eigenvalue weighted by Crippen LogP contribution is -2.50. The van der Waals surface area contributed by atoms with Gasteiger partial charge in [-0.1, -0.05) is 60.7 Å². The highest BCUT2D eigenvalue weighted by Crippen LogP contribution is 2.48. The van der Waals surface area contributed by atoms with Crippen LogP contribution in [0.2, 0.25) is 0 Å². The van der Waals surface area contributed by atoms with Gasteiger partial charge in [0.25, 0.3) is 0 Å². The summed E-state index contributed by atoms with van der Waals surface area (Å²) < 4.78 is 80.9. The maximum Gasteiger partial charge on any atom is 0.415 e. The summed E-state index contributed by atoms with van der Waals surface area (Å²) in [6.45, 7) is -0.800. The average molecular weight is 860 g/mol. The molecule has 0 spiro atoms. The van der Waals surface area contributed by atoms with Gasteiger partial charge in [0.2, 0.25) is 11.5 Å². The molecule has 4 aromatic carbocycles. The van der Waals surface area contributed by atoms with Crippen molar-refractivity contribution in [3.05, 3.63) is 130 Å². The molecule has 2 N–H and O–H groups in total. The number of hydrogen-bond acceptors (Lipinski definition) is 12. The van der Waals surface area contributed by atoms with Crippen molar-refractivity contribution >= 4 is 43.0 Å². The molecular formula is C43H40F2N3O12P. The summed E-state index contributed by atoms with van der Waals surface area (Å²) in [5.74, 6) is -5.32. The van der Waals surface area contributed by atoms with Crippen molar-refractivity contribution in [2.24, 2.45) is 0 Å². The van der Waals surface area contributed by atoms with Gasteiger partial charge in [0.1, 0.15) is 30.1 Å². The molecule has 1 aliphatic carbocycles. The van der Waals surface area contributed by atoms with Gasteiger partial charge in [-0.15, -0.1) is 0 Å². The number of anilines is 2. The lowest BCUT2D eigenvalue weighted by molar-refractivity contribution is -0.380. The first-order chi connectivity index (χ1) is 29.5. The molecule has 0 radical (unpaired) electrons. The smallest absolute Gasteiger partial charge is 0.415 e. The van der Waals surface area contributed by atoms with Crippen molar-refractivity contribution in [2.45, 2.75) is 62.2 Å². The third-order valence-electron chi connectivity index (χ3n) is 11.3. The molecule has 0 bridgehead atoms. The molecule has 1 amide bonds. The highest BCUT2D eigenvalue weighted by atomic mass is 31.1. The third kappa shape index (κ3) is 7.83. The second kappa shape index (κ2) is 16.2. The quantitative estimate of drug-likeness (QED) is 0.0901. The van der Waals surface area contributed by atoms with E-state index < -0.39 is 73.7 Å². The van der Waals surface area contributed by atoms with Crippen LogP contribution in [0.25, 0.3) is 10.9 Å². The Bertz CT molecular complexity index is 2540. The second-order valence-electron chi connectivity index (χ2n) is 15.5. The normalized spacial score (nSPS) is 21.1. The Balaban J connectivity index is 0.911. The molecule has 1 aromatic heterocycles. The number of ether oxygens (including phenoxy) is 5. The van der Waals surface area contributed by atoms with Gasteiger partial charge in [-0.25, -0.2) is 18.4 Å². The number of aliphatic hydroxyl groups is 1. The number of carbonyl (C=O) groups excluding carboxylic acids is 1. The first kappa shape index (κ1) is 40.6. The van der Waals surface area contributed by atoms with E-state index in [0.717, 1.165) is 41.0 Å². The number of carboxylic acids is 1. The summed E-state index contributed by atoms with van der Waals surface area (Å²) in [5, 5.41) is 21.3. The standard InChI is InChI=1S/C43H40F2N3O12P/c44-32-15-28(47-19-35(59-41(47)52)43(60-61-54,57-20-25-7-3-1-4-8-25)58-21-26-9-5-2-6-10-26)13-14-34(32)56-24-42(53)17-29-22-55-39-36-30(16-33(45)37(39)48(29)23-42)38(49)31(40(50)51)18-46(36)27-11-12-27/h1-10,13-16,18,27,29,35,53H,11-12,17,19-24,61H2,(H,50,51)/t29-,35?,42-/m0/s1. The van der Waals surface area contributed by atoms with Gasteiger partial charge in [-0.2, -0.15) is 0 Å².